The number of hydrogen-bond donors (Lipinski definition) is 3. The quantitative estimate of drug-likeness (QED) is 0.555. The number of rotatable bonds is 9. The van der Waals surface area contributed by atoms with Crippen molar-refractivity contribution in [3.8, 4) is 0 Å². The minimum Gasteiger partial charge on any atom is -0.383 e. The van der Waals surface area contributed by atoms with Crippen molar-refractivity contribution in [3.05, 3.63) is 12.4 Å². The Morgan fingerprint density at radius 1 is 1.48 bits per heavy atom. The predicted molar refractivity (Wildman–Crippen MR) is 86.0 cm³/mol. The fourth-order valence-corrected chi connectivity index (χ4v) is 2.53. The maximum atomic E-state index is 11.9. The van der Waals surface area contributed by atoms with Gasteiger partial charge in [0.1, 0.15) is 6.54 Å². The highest BCUT2D eigenvalue weighted by Gasteiger charge is 2.16. The van der Waals surface area contributed by atoms with Crippen LogP contribution in [0.15, 0.2) is 12.4 Å². The highest BCUT2D eigenvalue weighted by Crippen LogP contribution is 2.15. The standard InChI is InChI=1S/C15H25N5O3/c1-23-7-6-17-15(22)11-20-10-13(9-18-20)19-14(21)3-2-12-4-5-16-8-12/h9-10,12,16H,2-8,11H2,1H3,(H,17,22)(H,19,21). The van der Waals surface area contributed by atoms with Crippen LogP contribution in [0.5, 0.6) is 0 Å². The molecule has 0 aliphatic carbocycles. The summed E-state index contributed by atoms with van der Waals surface area (Å²) in [6, 6.07) is 0. The van der Waals surface area contributed by atoms with Gasteiger partial charge in [0.2, 0.25) is 11.8 Å². The number of aromatic nitrogens is 2. The summed E-state index contributed by atoms with van der Waals surface area (Å²) in [6.45, 7) is 3.11. The Bertz CT molecular complexity index is 511. The number of anilines is 1. The molecular formula is C15H25N5O3. The highest BCUT2D eigenvalue weighted by molar-refractivity contribution is 5.90. The summed E-state index contributed by atoms with van der Waals surface area (Å²) in [6.07, 6.45) is 5.76. The van der Waals surface area contributed by atoms with E-state index in [-0.39, 0.29) is 18.4 Å². The summed E-state index contributed by atoms with van der Waals surface area (Å²) in [7, 11) is 1.58. The molecule has 3 N–H and O–H groups in total. The SMILES string of the molecule is COCCNC(=O)Cn1cc(NC(=O)CCC2CCNC2)cn1. The molecule has 2 rings (SSSR count). The van der Waals surface area contributed by atoms with E-state index in [0.29, 0.717) is 31.2 Å². The Morgan fingerprint density at radius 2 is 2.35 bits per heavy atom. The number of ether oxygens (including phenoxy) is 1. The first-order valence-corrected chi connectivity index (χ1v) is 7.96. The van der Waals surface area contributed by atoms with Gasteiger partial charge in [-0.25, -0.2) is 0 Å². The van der Waals surface area contributed by atoms with Crippen molar-refractivity contribution < 1.29 is 14.3 Å². The summed E-state index contributed by atoms with van der Waals surface area (Å²) in [5.41, 5.74) is 0.615. The van der Waals surface area contributed by atoms with Crippen LogP contribution in [0.4, 0.5) is 5.69 Å². The van der Waals surface area contributed by atoms with Crippen LogP contribution < -0.4 is 16.0 Å². The van der Waals surface area contributed by atoms with Gasteiger partial charge in [0, 0.05) is 26.3 Å². The molecule has 1 atom stereocenters. The molecular weight excluding hydrogens is 298 g/mol. The molecule has 2 heterocycles. The van der Waals surface area contributed by atoms with Gasteiger partial charge in [0.15, 0.2) is 0 Å². The smallest absolute Gasteiger partial charge is 0.241 e. The Kier molecular flexibility index (Phi) is 7.02. The summed E-state index contributed by atoms with van der Waals surface area (Å²) < 4.78 is 6.36. The maximum absolute atomic E-state index is 11.9. The van der Waals surface area contributed by atoms with Gasteiger partial charge in [-0.15, -0.1) is 0 Å². The van der Waals surface area contributed by atoms with E-state index in [1.54, 1.807) is 19.5 Å². The Labute approximate surface area is 135 Å². The van der Waals surface area contributed by atoms with Crippen LogP contribution in [0.25, 0.3) is 0 Å². The predicted octanol–water partition coefficient (Wildman–Crippen LogP) is -0.0261. The summed E-state index contributed by atoms with van der Waals surface area (Å²) in [4.78, 5) is 23.6. The third-order valence-corrected chi connectivity index (χ3v) is 3.79. The molecule has 2 amide bonds. The van der Waals surface area contributed by atoms with E-state index in [0.717, 1.165) is 25.9 Å². The number of nitrogens with one attached hydrogen (secondary N) is 3. The van der Waals surface area contributed by atoms with E-state index in [1.165, 1.54) is 4.68 Å². The van der Waals surface area contributed by atoms with Gasteiger partial charge in [0.25, 0.3) is 0 Å². The van der Waals surface area contributed by atoms with Crippen LogP contribution in [0, 0.1) is 5.92 Å². The zero-order valence-corrected chi connectivity index (χ0v) is 13.5. The van der Waals surface area contributed by atoms with E-state index >= 15 is 0 Å². The molecule has 1 unspecified atom stereocenters. The molecule has 23 heavy (non-hydrogen) atoms. The third kappa shape index (κ3) is 6.37. The molecule has 1 aromatic rings. The minimum absolute atomic E-state index is 0.0130. The number of nitrogens with zero attached hydrogens (tertiary/aromatic N) is 2. The fourth-order valence-electron chi connectivity index (χ4n) is 2.53. The summed E-state index contributed by atoms with van der Waals surface area (Å²) in [5, 5.41) is 12.9. The zero-order chi connectivity index (χ0) is 16.5. The first-order valence-electron chi connectivity index (χ1n) is 7.96. The third-order valence-electron chi connectivity index (χ3n) is 3.79. The van der Waals surface area contributed by atoms with Gasteiger partial charge in [-0.2, -0.15) is 5.10 Å². The largest absolute Gasteiger partial charge is 0.383 e. The maximum Gasteiger partial charge on any atom is 0.241 e. The van der Waals surface area contributed by atoms with E-state index < -0.39 is 0 Å². The molecule has 0 saturated carbocycles. The Hall–Kier alpha value is -1.93. The number of amides is 2. The normalized spacial score (nSPS) is 17.2. The van der Waals surface area contributed by atoms with Crippen LogP contribution in [-0.4, -0.2) is 54.9 Å². The second kappa shape index (κ2) is 9.26. The molecule has 1 saturated heterocycles. The molecule has 0 bridgehead atoms. The first kappa shape index (κ1) is 17.4. The van der Waals surface area contributed by atoms with Crippen molar-refractivity contribution in [1.82, 2.24) is 20.4 Å². The van der Waals surface area contributed by atoms with Crippen LogP contribution in [0.1, 0.15) is 19.3 Å². The lowest BCUT2D eigenvalue weighted by Crippen LogP contribution is -2.30. The molecule has 0 aromatic carbocycles. The van der Waals surface area contributed by atoms with Gasteiger partial charge in [0.05, 0.1) is 18.5 Å². The van der Waals surface area contributed by atoms with Gasteiger partial charge in [-0.3, -0.25) is 14.3 Å². The molecule has 0 radical (unpaired) electrons. The number of carbonyl (C=O) groups excluding carboxylic acids is 2. The summed E-state index contributed by atoms with van der Waals surface area (Å²) in [5.74, 6) is 0.442. The lowest BCUT2D eigenvalue weighted by Gasteiger charge is -2.07. The van der Waals surface area contributed by atoms with Gasteiger partial charge < -0.3 is 20.7 Å². The van der Waals surface area contributed by atoms with Crippen LogP contribution in [-0.2, 0) is 20.9 Å². The Morgan fingerprint density at radius 3 is 3.09 bits per heavy atom. The zero-order valence-electron chi connectivity index (χ0n) is 13.5. The minimum atomic E-state index is -0.142. The van der Waals surface area contributed by atoms with Crippen LogP contribution in [0.2, 0.25) is 0 Å². The lowest BCUT2D eigenvalue weighted by molar-refractivity contribution is -0.122. The summed E-state index contributed by atoms with van der Waals surface area (Å²) >= 11 is 0. The average molecular weight is 323 g/mol. The van der Waals surface area contributed by atoms with Gasteiger partial charge >= 0.3 is 0 Å². The second-order valence-electron chi connectivity index (χ2n) is 5.72. The van der Waals surface area contributed by atoms with Crippen molar-refractivity contribution in [2.75, 3.05) is 38.7 Å². The molecule has 0 spiro atoms. The van der Waals surface area contributed by atoms with Gasteiger partial charge in [-0.05, 0) is 31.8 Å². The number of carbonyl (C=O) groups is 2. The van der Waals surface area contributed by atoms with E-state index in [1.807, 2.05) is 0 Å². The molecule has 8 nitrogen and oxygen atoms in total. The van der Waals surface area contributed by atoms with E-state index in [2.05, 4.69) is 21.0 Å². The number of hydrogen-bond acceptors (Lipinski definition) is 5. The van der Waals surface area contributed by atoms with E-state index in [9.17, 15) is 9.59 Å². The first-order chi connectivity index (χ1) is 11.2. The van der Waals surface area contributed by atoms with Crippen molar-refractivity contribution in [3.63, 3.8) is 0 Å². The van der Waals surface area contributed by atoms with Gasteiger partial charge in [-0.1, -0.05) is 0 Å². The van der Waals surface area contributed by atoms with E-state index in [4.69, 9.17) is 4.74 Å². The molecule has 1 aliphatic heterocycles. The van der Waals surface area contributed by atoms with Crippen molar-refractivity contribution in [2.45, 2.75) is 25.8 Å². The molecule has 1 aliphatic rings. The van der Waals surface area contributed by atoms with Crippen molar-refractivity contribution in [1.29, 1.82) is 0 Å². The Balaban J connectivity index is 1.68. The van der Waals surface area contributed by atoms with Crippen LogP contribution in [0.3, 0.4) is 0 Å². The number of methoxy groups -OCH3 is 1. The average Bonchev–Trinajstić information content (AvgIpc) is 3.17. The van der Waals surface area contributed by atoms with Crippen molar-refractivity contribution in [2.24, 2.45) is 5.92 Å². The fraction of sp³-hybridized carbons (Fsp3) is 0.667. The molecule has 1 aromatic heterocycles. The molecule has 8 heteroatoms. The van der Waals surface area contributed by atoms with Crippen LogP contribution >= 0.6 is 0 Å². The monoisotopic (exact) mass is 323 g/mol. The van der Waals surface area contributed by atoms with Crippen molar-refractivity contribution >= 4 is 17.5 Å². The highest BCUT2D eigenvalue weighted by atomic mass is 16.5. The molecule has 1 fully saturated rings. The second-order valence-corrected chi connectivity index (χ2v) is 5.72. The molecule has 128 valence electrons. The topological polar surface area (TPSA) is 97.3 Å². The lowest BCUT2D eigenvalue weighted by atomic mass is 10.0.